The second-order valence-electron chi connectivity index (χ2n) is 3.64. The van der Waals surface area contributed by atoms with Crippen LogP contribution in [0.15, 0.2) is 66.4 Å². The van der Waals surface area contributed by atoms with Crippen molar-refractivity contribution in [3.05, 3.63) is 66.8 Å². The Morgan fingerprint density at radius 1 is 1.37 bits per heavy atom. The van der Waals surface area contributed by atoms with Gasteiger partial charge in [0.25, 0.3) is 0 Å². The molecule has 0 saturated heterocycles. The minimum atomic E-state index is -0.237. The molecule has 0 aliphatic carbocycles. The highest BCUT2D eigenvalue weighted by molar-refractivity contribution is 8.13. The molecule has 2 aromatic rings. The van der Waals surface area contributed by atoms with Gasteiger partial charge >= 0.3 is 5.24 Å². The Labute approximate surface area is 115 Å². The number of benzene rings is 1. The summed E-state index contributed by atoms with van der Waals surface area (Å²) in [5.74, 6) is 0.562. The number of para-hydroxylation sites is 1. The van der Waals surface area contributed by atoms with Crippen molar-refractivity contribution in [3.63, 3.8) is 0 Å². The third kappa shape index (κ3) is 3.93. The Balaban J connectivity index is 2.17. The molecule has 0 bridgehead atoms. The Kier molecular flexibility index (Phi) is 4.69. The number of carbonyl (C=O) groups is 1. The summed E-state index contributed by atoms with van der Waals surface area (Å²) in [6.07, 6.45) is 5.02. The molecule has 2 rings (SSSR count). The predicted molar refractivity (Wildman–Crippen MR) is 77.2 cm³/mol. The second-order valence-corrected chi connectivity index (χ2v) is 4.61. The summed E-state index contributed by atoms with van der Waals surface area (Å²) in [6.45, 7) is 3.55. The number of nitrogens with zero attached hydrogens (tertiary/aromatic N) is 3. The molecule has 96 valence electrons. The smallest absolute Gasteiger partial charge is 0.259 e. The summed E-state index contributed by atoms with van der Waals surface area (Å²) in [5, 5.41) is 4.54. The van der Waals surface area contributed by atoms with Gasteiger partial charge in [-0.3, -0.25) is 4.79 Å². The van der Waals surface area contributed by atoms with Crippen molar-refractivity contribution in [3.8, 4) is 5.69 Å². The third-order valence-corrected chi connectivity index (χ3v) is 3.01. The van der Waals surface area contributed by atoms with Crippen LogP contribution in [0.5, 0.6) is 0 Å². The number of hydrogen-bond donors (Lipinski definition) is 0. The van der Waals surface area contributed by atoms with Gasteiger partial charge in [-0.2, -0.15) is 5.10 Å². The van der Waals surface area contributed by atoms with E-state index in [1.54, 1.807) is 29.2 Å². The van der Waals surface area contributed by atoms with Gasteiger partial charge in [0.2, 0.25) is 0 Å². The first kappa shape index (κ1) is 13.3. The molecule has 1 heterocycles. The van der Waals surface area contributed by atoms with Gasteiger partial charge in [0.1, 0.15) is 0 Å². The van der Waals surface area contributed by atoms with E-state index in [0.717, 1.165) is 17.4 Å². The molecule has 1 amide bonds. The fourth-order valence-corrected chi connectivity index (χ4v) is 1.85. The van der Waals surface area contributed by atoms with E-state index in [4.69, 9.17) is 0 Å². The van der Waals surface area contributed by atoms with Crippen LogP contribution in [0.3, 0.4) is 0 Å². The van der Waals surface area contributed by atoms with Crippen LogP contribution in [-0.2, 0) is 0 Å². The number of carbonyl (C=O) groups excluding carboxylic acids is 1. The molecule has 0 aliphatic heterocycles. The zero-order valence-electron chi connectivity index (χ0n) is 10.3. The molecule has 0 spiro atoms. The second kappa shape index (κ2) is 6.70. The molecular weight excluding hydrogens is 258 g/mol. The van der Waals surface area contributed by atoms with Gasteiger partial charge in [-0.15, -0.1) is 6.58 Å². The van der Waals surface area contributed by atoms with Gasteiger partial charge in [-0.25, -0.2) is 9.67 Å². The molecule has 1 aromatic carbocycles. The first-order chi connectivity index (χ1) is 9.29. The van der Waals surface area contributed by atoms with Crippen molar-refractivity contribution in [1.29, 1.82) is 0 Å². The highest BCUT2D eigenvalue weighted by Gasteiger charge is 1.97. The molecule has 0 unspecified atom stereocenters. The van der Waals surface area contributed by atoms with E-state index in [2.05, 4.69) is 16.7 Å². The molecule has 19 heavy (non-hydrogen) atoms. The number of thioether (sulfide) groups is 1. The van der Waals surface area contributed by atoms with Crippen LogP contribution in [0.2, 0.25) is 0 Å². The molecule has 0 radical (unpaired) electrons. The number of hydrogen-bond acceptors (Lipinski definition) is 3. The molecule has 5 heteroatoms. The average Bonchev–Trinajstić information content (AvgIpc) is 2.47. The zero-order chi connectivity index (χ0) is 13.5. The monoisotopic (exact) mass is 271 g/mol. The maximum absolute atomic E-state index is 11.4. The first-order valence-corrected chi connectivity index (χ1v) is 6.71. The van der Waals surface area contributed by atoms with Crippen molar-refractivity contribution < 1.29 is 4.79 Å². The van der Waals surface area contributed by atoms with Crippen molar-refractivity contribution >= 4 is 17.0 Å². The topological polar surface area (TPSA) is 47.2 Å². The van der Waals surface area contributed by atoms with Crippen LogP contribution >= 0.6 is 11.8 Å². The van der Waals surface area contributed by atoms with Gasteiger partial charge in [-0.1, -0.05) is 36.0 Å². The van der Waals surface area contributed by atoms with Gasteiger partial charge in [0, 0.05) is 11.9 Å². The summed E-state index contributed by atoms with van der Waals surface area (Å²) >= 11 is 1.11. The summed E-state index contributed by atoms with van der Waals surface area (Å²) < 4.78 is 1.72. The normalized spacial score (nSPS) is 11.3. The maximum Gasteiger partial charge on any atom is 0.305 e. The van der Waals surface area contributed by atoms with Gasteiger partial charge < -0.3 is 0 Å². The lowest BCUT2D eigenvalue weighted by atomic mass is 10.3. The number of rotatable bonds is 3. The third-order valence-electron chi connectivity index (χ3n) is 2.27. The fourth-order valence-electron chi connectivity index (χ4n) is 1.42. The van der Waals surface area contributed by atoms with Gasteiger partial charge in [0.05, 0.1) is 17.2 Å². The van der Waals surface area contributed by atoms with Crippen molar-refractivity contribution in [2.45, 2.75) is 0 Å². The maximum atomic E-state index is 11.4. The standard InChI is InChI=1S/C14H13N3OS/c1-2-10-19-14(18)16-12-8-9-17(15-11-12)13-6-4-3-5-7-13/h2-9,11H,1,10H2. The molecule has 0 fully saturated rings. The first-order valence-electron chi connectivity index (χ1n) is 5.72. The Bertz CT molecular complexity index is 614. The van der Waals surface area contributed by atoms with Gasteiger partial charge in [-0.05, 0) is 18.2 Å². The van der Waals surface area contributed by atoms with Crippen molar-refractivity contribution in [2.24, 2.45) is 4.99 Å². The lowest BCUT2D eigenvalue weighted by Gasteiger charge is -2.03. The van der Waals surface area contributed by atoms with E-state index in [1.165, 1.54) is 0 Å². The summed E-state index contributed by atoms with van der Waals surface area (Å²) in [7, 11) is 0. The van der Waals surface area contributed by atoms with Crippen LogP contribution in [0, 0.1) is 0 Å². The zero-order valence-corrected chi connectivity index (χ0v) is 11.1. The van der Waals surface area contributed by atoms with E-state index in [1.807, 2.05) is 30.3 Å². The van der Waals surface area contributed by atoms with E-state index in [-0.39, 0.29) is 5.24 Å². The van der Waals surface area contributed by atoms with Crippen molar-refractivity contribution in [2.75, 3.05) is 5.75 Å². The van der Waals surface area contributed by atoms with Crippen molar-refractivity contribution in [1.82, 2.24) is 9.78 Å². The van der Waals surface area contributed by atoms with Crippen LogP contribution in [0.4, 0.5) is 4.79 Å². The molecule has 0 aliphatic rings. The minimum Gasteiger partial charge on any atom is -0.259 e. The molecule has 0 atom stereocenters. The molecule has 0 N–H and O–H groups in total. The quantitative estimate of drug-likeness (QED) is 0.806. The largest absolute Gasteiger partial charge is 0.305 e. The molecule has 4 nitrogen and oxygen atoms in total. The summed E-state index contributed by atoms with van der Waals surface area (Å²) in [5.41, 5.74) is 0.960. The van der Waals surface area contributed by atoms with Crippen LogP contribution in [0.1, 0.15) is 0 Å². The lowest BCUT2D eigenvalue weighted by molar-refractivity contribution is 0.267. The lowest BCUT2D eigenvalue weighted by Crippen LogP contribution is -2.09. The fraction of sp³-hybridized carbons (Fsp3) is 0.0714. The summed E-state index contributed by atoms with van der Waals surface area (Å²) in [6, 6.07) is 11.5. The highest BCUT2D eigenvalue weighted by atomic mass is 32.2. The highest BCUT2D eigenvalue weighted by Crippen LogP contribution is 2.04. The van der Waals surface area contributed by atoms with Crippen LogP contribution in [-0.4, -0.2) is 20.8 Å². The Morgan fingerprint density at radius 3 is 2.79 bits per heavy atom. The van der Waals surface area contributed by atoms with E-state index < -0.39 is 0 Å². The van der Waals surface area contributed by atoms with E-state index >= 15 is 0 Å². The molecular formula is C14H13N3OS. The molecule has 1 aromatic heterocycles. The number of aromatic nitrogens is 2. The van der Waals surface area contributed by atoms with Crippen LogP contribution < -0.4 is 5.36 Å². The van der Waals surface area contributed by atoms with Gasteiger partial charge in [0.15, 0.2) is 0 Å². The van der Waals surface area contributed by atoms with E-state index in [0.29, 0.717) is 11.1 Å². The number of amides is 1. The van der Waals surface area contributed by atoms with E-state index in [9.17, 15) is 4.79 Å². The van der Waals surface area contributed by atoms with Crippen LogP contribution in [0.25, 0.3) is 5.69 Å². The Hall–Kier alpha value is -2.14. The predicted octanol–water partition coefficient (Wildman–Crippen LogP) is 2.81. The SMILES string of the molecule is C=CCSC(=O)N=c1ccn(-c2ccccc2)nc1. The minimum absolute atomic E-state index is 0.237. The molecule has 0 saturated carbocycles. The summed E-state index contributed by atoms with van der Waals surface area (Å²) in [4.78, 5) is 15.4. The Morgan fingerprint density at radius 2 is 2.16 bits per heavy atom. The average molecular weight is 271 g/mol.